The molecule has 0 spiro atoms. The lowest BCUT2D eigenvalue weighted by atomic mass is 9.93. The van der Waals surface area contributed by atoms with Crippen LogP contribution in [-0.2, 0) is 0 Å². The Hall–Kier alpha value is -5.12. The Morgan fingerprint density at radius 1 is 0.415 bits per heavy atom. The van der Waals surface area contributed by atoms with Gasteiger partial charge in [-0.1, -0.05) is 115 Å². The zero-order chi connectivity index (χ0) is 26.9. The summed E-state index contributed by atoms with van der Waals surface area (Å²) >= 11 is 1.77. The van der Waals surface area contributed by atoms with Crippen molar-refractivity contribution in [3.63, 3.8) is 0 Å². The first-order valence-electron chi connectivity index (χ1n) is 13.8. The Morgan fingerprint density at radius 2 is 1.00 bits per heavy atom. The van der Waals surface area contributed by atoms with E-state index in [2.05, 4.69) is 133 Å². The molecule has 2 aromatic heterocycles. The van der Waals surface area contributed by atoms with E-state index in [1.54, 1.807) is 11.3 Å². The predicted octanol–water partition coefficient (Wildman–Crippen LogP) is 10.8. The summed E-state index contributed by atoms with van der Waals surface area (Å²) in [6, 6.07) is 47.8. The maximum atomic E-state index is 5.29. The normalized spacial score (nSPS) is 11.9. The van der Waals surface area contributed by atoms with E-state index in [1.165, 1.54) is 53.2 Å². The van der Waals surface area contributed by atoms with E-state index in [4.69, 9.17) is 9.97 Å². The first kappa shape index (κ1) is 22.7. The molecular weight excluding hydrogens is 516 g/mol. The van der Waals surface area contributed by atoms with Gasteiger partial charge in [-0.3, -0.25) is 0 Å². The number of fused-ring (bicyclic) bond motifs is 10. The van der Waals surface area contributed by atoms with E-state index in [9.17, 15) is 0 Å². The summed E-state index contributed by atoms with van der Waals surface area (Å²) in [5.74, 6) is 0.753. The topological polar surface area (TPSA) is 25.8 Å². The Morgan fingerprint density at radius 3 is 1.76 bits per heavy atom. The molecule has 7 aromatic carbocycles. The third kappa shape index (κ3) is 3.43. The number of nitrogens with zero attached hydrogens (tertiary/aromatic N) is 2. The molecule has 0 N–H and O–H groups in total. The van der Waals surface area contributed by atoms with Gasteiger partial charge < -0.3 is 0 Å². The number of rotatable bonds is 2. The minimum Gasteiger partial charge on any atom is -0.226 e. The molecule has 0 aliphatic heterocycles. The third-order valence-corrected chi connectivity index (χ3v) is 9.41. The number of aromatic nitrogens is 2. The number of hydrogen-bond donors (Lipinski definition) is 0. The van der Waals surface area contributed by atoms with Crippen molar-refractivity contribution in [3.05, 3.63) is 133 Å². The second-order valence-electron chi connectivity index (χ2n) is 10.6. The molecule has 41 heavy (non-hydrogen) atoms. The summed E-state index contributed by atoms with van der Waals surface area (Å²) in [6.07, 6.45) is 0. The van der Waals surface area contributed by atoms with Crippen LogP contribution in [0, 0.1) is 0 Å². The third-order valence-electron chi connectivity index (χ3n) is 8.25. The standard InChI is InChI=1S/C38H22N2S/c1-2-10-24-21-25(18-17-23(24)9-1)35-37-36(32-15-7-8-16-34(32)41-37)40-38(39-35)26-19-20-31-29-13-4-3-11-27(29)28-12-5-6-14-30(28)33(31)22-26/h1-22H. The van der Waals surface area contributed by atoms with Crippen molar-refractivity contribution in [1.82, 2.24) is 9.97 Å². The average molecular weight is 539 g/mol. The molecule has 190 valence electrons. The number of hydrogen-bond acceptors (Lipinski definition) is 3. The summed E-state index contributed by atoms with van der Waals surface area (Å²) in [6.45, 7) is 0. The molecule has 2 heterocycles. The summed E-state index contributed by atoms with van der Waals surface area (Å²) in [5.41, 5.74) is 4.14. The van der Waals surface area contributed by atoms with Crippen LogP contribution in [0.25, 0.3) is 86.0 Å². The van der Waals surface area contributed by atoms with Gasteiger partial charge in [0.1, 0.15) is 0 Å². The molecule has 0 aliphatic carbocycles. The maximum absolute atomic E-state index is 5.29. The first-order valence-corrected chi connectivity index (χ1v) is 14.7. The van der Waals surface area contributed by atoms with Crippen molar-refractivity contribution >= 4 is 74.7 Å². The van der Waals surface area contributed by atoms with Crippen LogP contribution in [0.3, 0.4) is 0 Å². The maximum Gasteiger partial charge on any atom is 0.160 e. The number of thiophene rings is 1. The van der Waals surface area contributed by atoms with E-state index in [0.717, 1.165) is 32.9 Å². The molecule has 0 saturated heterocycles. The molecule has 3 heteroatoms. The van der Waals surface area contributed by atoms with E-state index in [0.29, 0.717) is 0 Å². The van der Waals surface area contributed by atoms with Crippen LogP contribution in [0.15, 0.2) is 133 Å². The summed E-state index contributed by atoms with van der Waals surface area (Å²) in [5, 5.41) is 11.2. The molecule has 0 bridgehead atoms. The number of benzene rings is 7. The lowest BCUT2D eigenvalue weighted by Crippen LogP contribution is -1.94. The molecule has 9 aromatic rings. The zero-order valence-electron chi connectivity index (χ0n) is 22.0. The van der Waals surface area contributed by atoms with Crippen LogP contribution in [-0.4, -0.2) is 9.97 Å². The highest BCUT2D eigenvalue weighted by Gasteiger charge is 2.18. The Kier molecular flexibility index (Phi) is 4.80. The van der Waals surface area contributed by atoms with E-state index in [-0.39, 0.29) is 0 Å². The molecule has 0 saturated carbocycles. The average Bonchev–Trinajstić information content (AvgIpc) is 3.43. The van der Waals surface area contributed by atoms with Gasteiger partial charge in [0.15, 0.2) is 5.82 Å². The molecule has 0 amide bonds. The van der Waals surface area contributed by atoms with Crippen molar-refractivity contribution < 1.29 is 0 Å². The second-order valence-corrected chi connectivity index (χ2v) is 11.6. The highest BCUT2D eigenvalue weighted by molar-refractivity contribution is 7.26. The molecule has 2 nitrogen and oxygen atoms in total. The van der Waals surface area contributed by atoms with Crippen molar-refractivity contribution in [1.29, 1.82) is 0 Å². The van der Waals surface area contributed by atoms with Gasteiger partial charge in [0.2, 0.25) is 0 Å². The fraction of sp³-hybridized carbons (Fsp3) is 0. The van der Waals surface area contributed by atoms with Gasteiger partial charge >= 0.3 is 0 Å². The van der Waals surface area contributed by atoms with Gasteiger partial charge in [0.25, 0.3) is 0 Å². The highest BCUT2D eigenvalue weighted by atomic mass is 32.1. The zero-order valence-corrected chi connectivity index (χ0v) is 22.8. The van der Waals surface area contributed by atoms with Crippen molar-refractivity contribution in [3.8, 4) is 22.6 Å². The minimum atomic E-state index is 0.753. The first-order chi connectivity index (χ1) is 20.3. The SMILES string of the molecule is c1ccc2cc(-c3nc(-c4ccc5c6ccccc6c6ccccc6c5c4)nc4c3sc3ccccc34)ccc2c1. The summed E-state index contributed by atoms with van der Waals surface area (Å²) in [4.78, 5) is 10.5. The molecule has 9 rings (SSSR count). The molecule has 0 radical (unpaired) electrons. The molecule has 0 unspecified atom stereocenters. The van der Waals surface area contributed by atoms with Crippen molar-refractivity contribution in [2.24, 2.45) is 0 Å². The van der Waals surface area contributed by atoms with Crippen LogP contribution in [0.4, 0.5) is 0 Å². The van der Waals surface area contributed by atoms with Gasteiger partial charge in [-0.2, -0.15) is 0 Å². The van der Waals surface area contributed by atoms with E-state index in [1.807, 2.05) is 0 Å². The molecule has 0 aliphatic rings. The smallest absolute Gasteiger partial charge is 0.160 e. The summed E-state index contributed by atoms with van der Waals surface area (Å²) < 4.78 is 2.36. The molecule has 0 atom stereocenters. The minimum absolute atomic E-state index is 0.753. The van der Waals surface area contributed by atoms with Gasteiger partial charge in [-0.25, -0.2) is 9.97 Å². The predicted molar refractivity (Wildman–Crippen MR) is 176 cm³/mol. The second kappa shape index (κ2) is 8.69. The monoisotopic (exact) mass is 538 g/mol. The van der Waals surface area contributed by atoms with Crippen LogP contribution in [0.5, 0.6) is 0 Å². The van der Waals surface area contributed by atoms with Crippen molar-refractivity contribution in [2.75, 3.05) is 0 Å². The Labute approximate surface area is 240 Å². The van der Waals surface area contributed by atoms with Crippen LogP contribution in [0.1, 0.15) is 0 Å². The molecular formula is C38H22N2S. The Balaban J connectivity index is 1.36. The van der Waals surface area contributed by atoms with Crippen LogP contribution < -0.4 is 0 Å². The fourth-order valence-electron chi connectivity index (χ4n) is 6.30. The van der Waals surface area contributed by atoms with E-state index < -0.39 is 0 Å². The van der Waals surface area contributed by atoms with Gasteiger partial charge in [-0.05, 0) is 61.3 Å². The van der Waals surface area contributed by atoms with Gasteiger partial charge in [0, 0.05) is 21.2 Å². The van der Waals surface area contributed by atoms with Gasteiger partial charge in [0.05, 0.1) is 15.9 Å². The van der Waals surface area contributed by atoms with Crippen LogP contribution in [0.2, 0.25) is 0 Å². The van der Waals surface area contributed by atoms with Crippen LogP contribution >= 0.6 is 11.3 Å². The van der Waals surface area contributed by atoms with Gasteiger partial charge in [-0.15, -0.1) is 11.3 Å². The van der Waals surface area contributed by atoms with Crippen molar-refractivity contribution in [2.45, 2.75) is 0 Å². The molecule has 0 fully saturated rings. The fourth-order valence-corrected chi connectivity index (χ4v) is 7.45. The van der Waals surface area contributed by atoms with E-state index >= 15 is 0 Å². The Bertz CT molecular complexity index is 2450. The lowest BCUT2D eigenvalue weighted by molar-refractivity contribution is 1.24. The summed E-state index contributed by atoms with van der Waals surface area (Å²) in [7, 11) is 0. The largest absolute Gasteiger partial charge is 0.226 e. The quantitative estimate of drug-likeness (QED) is 0.205. The lowest BCUT2D eigenvalue weighted by Gasteiger charge is -2.12. The highest BCUT2D eigenvalue weighted by Crippen LogP contribution is 2.41.